The summed E-state index contributed by atoms with van der Waals surface area (Å²) in [4.78, 5) is 16.1. The van der Waals surface area contributed by atoms with Gasteiger partial charge in [-0.25, -0.2) is 4.98 Å². The molecule has 4 heteroatoms. The molecule has 0 saturated heterocycles. The van der Waals surface area contributed by atoms with Crippen molar-refractivity contribution in [3.05, 3.63) is 29.7 Å². The molecule has 0 saturated carbocycles. The van der Waals surface area contributed by atoms with Crippen molar-refractivity contribution in [2.45, 2.75) is 33.1 Å². The number of rotatable bonds is 5. The lowest BCUT2D eigenvalue weighted by Gasteiger charge is -2.01. The number of hydrogen-bond acceptors (Lipinski definition) is 3. The van der Waals surface area contributed by atoms with Gasteiger partial charge in [-0.1, -0.05) is 19.8 Å². The number of furan rings is 1. The van der Waals surface area contributed by atoms with E-state index >= 15 is 0 Å². The topological polar surface area (TPSA) is 55.1 Å². The summed E-state index contributed by atoms with van der Waals surface area (Å²) in [6, 6.07) is 5.40. The Bertz CT molecular complexity index is 546. The van der Waals surface area contributed by atoms with Gasteiger partial charge in [0.05, 0.1) is 0 Å². The van der Waals surface area contributed by atoms with E-state index in [-0.39, 0.29) is 5.91 Å². The molecule has 0 atom stereocenters. The molecule has 96 valence electrons. The lowest BCUT2D eigenvalue weighted by atomic mass is 10.2. The highest BCUT2D eigenvalue weighted by atomic mass is 16.3. The van der Waals surface area contributed by atoms with Crippen LogP contribution in [0.3, 0.4) is 0 Å². The maximum Gasteiger partial charge on any atom is 0.287 e. The van der Waals surface area contributed by atoms with Gasteiger partial charge < -0.3 is 9.73 Å². The molecule has 0 radical (unpaired) electrons. The molecule has 2 aromatic heterocycles. The Labute approximate surface area is 106 Å². The van der Waals surface area contributed by atoms with E-state index in [0.29, 0.717) is 17.9 Å². The number of fused-ring (bicyclic) bond motifs is 1. The molecule has 2 aromatic rings. The summed E-state index contributed by atoms with van der Waals surface area (Å²) in [5.74, 6) is 0.168. The summed E-state index contributed by atoms with van der Waals surface area (Å²) in [5, 5.41) is 2.85. The zero-order chi connectivity index (χ0) is 13.0. The van der Waals surface area contributed by atoms with Crippen LogP contribution in [0.15, 0.2) is 22.6 Å². The average Bonchev–Trinajstić information content (AvgIpc) is 2.77. The highest BCUT2D eigenvalue weighted by Gasteiger charge is 2.12. The number of nitrogens with one attached hydrogen (secondary N) is 1. The number of nitrogens with zero attached hydrogens (tertiary/aromatic N) is 1. The zero-order valence-corrected chi connectivity index (χ0v) is 10.8. The smallest absolute Gasteiger partial charge is 0.287 e. The van der Waals surface area contributed by atoms with Gasteiger partial charge in [0.25, 0.3) is 5.91 Å². The first-order chi connectivity index (χ1) is 8.70. The number of pyridine rings is 1. The molecule has 1 N–H and O–H groups in total. The lowest BCUT2D eigenvalue weighted by Crippen LogP contribution is -2.23. The highest BCUT2D eigenvalue weighted by molar-refractivity contribution is 5.95. The zero-order valence-electron chi connectivity index (χ0n) is 10.8. The van der Waals surface area contributed by atoms with Crippen molar-refractivity contribution in [3.63, 3.8) is 0 Å². The first-order valence-corrected chi connectivity index (χ1v) is 6.36. The molecule has 0 fully saturated rings. The Kier molecular flexibility index (Phi) is 3.97. The van der Waals surface area contributed by atoms with Gasteiger partial charge in [-0.15, -0.1) is 0 Å². The minimum atomic E-state index is -0.165. The van der Waals surface area contributed by atoms with Gasteiger partial charge in [0.2, 0.25) is 0 Å². The third kappa shape index (κ3) is 2.88. The van der Waals surface area contributed by atoms with Crippen molar-refractivity contribution >= 4 is 17.0 Å². The summed E-state index contributed by atoms with van der Waals surface area (Å²) < 4.78 is 5.47. The van der Waals surface area contributed by atoms with E-state index in [0.717, 1.165) is 30.5 Å². The van der Waals surface area contributed by atoms with Crippen molar-refractivity contribution in [2.24, 2.45) is 0 Å². The number of carbonyl (C=O) groups excluding carboxylic acids is 1. The number of hydrogen-bond donors (Lipinski definition) is 1. The summed E-state index contributed by atoms with van der Waals surface area (Å²) >= 11 is 0. The molecule has 2 heterocycles. The molecule has 4 nitrogen and oxygen atoms in total. The van der Waals surface area contributed by atoms with E-state index in [9.17, 15) is 4.79 Å². The molecule has 0 bridgehead atoms. The minimum absolute atomic E-state index is 0.165. The fraction of sp³-hybridized carbons (Fsp3) is 0.429. The minimum Gasteiger partial charge on any atom is -0.449 e. The van der Waals surface area contributed by atoms with Gasteiger partial charge in [-0.05, 0) is 25.5 Å². The Hall–Kier alpha value is -1.84. The van der Waals surface area contributed by atoms with Crippen LogP contribution in [0.1, 0.15) is 42.4 Å². The fourth-order valence-corrected chi connectivity index (χ4v) is 1.80. The molecule has 1 amide bonds. The van der Waals surface area contributed by atoms with E-state index in [1.165, 1.54) is 0 Å². The summed E-state index contributed by atoms with van der Waals surface area (Å²) in [6.07, 6.45) is 3.27. The van der Waals surface area contributed by atoms with Crippen LogP contribution in [-0.4, -0.2) is 17.4 Å². The number of aryl methyl sites for hydroxylation is 1. The van der Waals surface area contributed by atoms with Crippen molar-refractivity contribution < 1.29 is 9.21 Å². The SMILES string of the molecule is CCCCCNC(=O)c1cc2nc(C)ccc2o1. The fourth-order valence-electron chi connectivity index (χ4n) is 1.80. The summed E-state index contributed by atoms with van der Waals surface area (Å²) in [5.41, 5.74) is 2.30. The maximum absolute atomic E-state index is 11.8. The molecule has 2 rings (SSSR count). The normalized spacial score (nSPS) is 10.8. The molecule has 0 aliphatic carbocycles. The van der Waals surface area contributed by atoms with Crippen LogP contribution in [0.25, 0.3) is 11.1 Å². The van der Waals surface area contributed by atoms with Crippen molar-refractivity contribution in [3.8, 4) is 0 Å². The second kappa shape index (κ2) is 5.67. The Balaban J connectivity index is 2.04. The number of aromatic nitrogens is 1. The molecular formula is C14H18N2O2. The van der Waals surface area contributed by atoms with Crippen LogP contribution in [-0.2, 0) is 0 Å². The van der Waals surface area contributed by atoms with Crippen molar-refractivity contribution in [1.82, 2.24) is 10.3 Å². The van der Waals surface area contributed by atoms with Crippen LogP contribution in [0.4, 0.5) is 0 Å². The van der Waals surface area contributed by atoms with E-state index in [2.05, 4.69) is 17.2 Å². The predicted octanol–water partition coefficient (Wildman–Crippen LogP) is 3.06. The van der Waals surface area contributed by atoms with E-state index in [1.54, 1.807) is 6.07 Å². The molecule has 0 aliphatic heterocycles. The molecule has 0 spiro atoms. The van der Waals surface area contributed by atoms with Crippen molar-refractivity contribution in [2.75, 3.05) is 6.54 Å². The van der Waals surface area contributed by atoms with E-state index in [1.807, 2.05) is 19.1 Å². The Morgan fingerprint density at radius 2 is 2.22 bits per heavy atom. The average molecular weight is 246 g/mol. The summed E-state index contributed by atoms with van der Waals surface area (Å²) in [7, 11) is 0. The van der Waals surface area contributed by atoms with E-state index in [4.69, 9.17) is 4.42 Å². The van der Waals surface area contributed by atoms with Gasteiger partial charge in [0.15, 0.2) is 11.3 Å². The standard InChI is InChI=1S/C14H18N2O2/c1-3-4-5-8-15-14(17)13-9-11-12(18-13)7-6-10(2)16-11/h6-7,9H,3-5,8H2,1-2H3,(H,15,17). The van der Waals surface area contributed by atoms with Crippen LogP contribution in [0.2, 0.25) is 0 Å². The third-order valence-corrected chi connectivity index (χ3v) is 2.80. The second-order valence-corrected chi connectivity index (χ2v) is 4.41. The first-order valence-electron chi connectivity index (χ1n) is 6.36. The molecule has 0 unspecified atom stereocenters. The number of carbonyl (C=O) groups is 1. The molecule has 0 aliphatic rings. The predicted molar refractivity (Wildman–Crippen MR) is 70.6 cm³/mol. The first kappa shape index (κ1) is 12.6. The van der Waals surface area contributed by atoms with Crippen LogP contribution in [0.5, 0.6) is 0 Å². The van der Waals surface area contributed by atoms with Gasteiger partial charge in [0.1, 0.15) is 5.52 Å². The molecule has 18 heavy (non-hydrogen) atoms. The highest BCUT2D eigenvalue weighted by Crippen LogP contribution is 2.17. The number of amides is 1. The quantitative estimate of drug-likeness (QED) is 0.825. The largest absolute Gasteiger partial charge is 0.449 e. The second-order valence-electron chi connectivity index (χ2n) is 4.41. The van der Waals surface area contributed by atoms with E-state index < -0.39 is 0 Å². The monoisotopic (exact) mass is 246 g/mol. The van der Waals surface area contributed by atoms with Crippen LogP contribution >= 0.6 is 0 Å². The van der Waals surface area contributed by atoms with Gasteiger partial charge >= 0.3 is 0 Å². The number of unbranched alkanes of at least 4 members (excludes halogenated alkanes) is 2. The Morgan fingerprint density at radius 1 is 1.39 bits per heavy atom. The van der Waals surface area contributed by atoms with Crippen molar-refractivity contribution in [1.29, 1.82) is 0 Å². The summed E-state index contributed by atoms with van der Waals surface area (Å²) in [6.45, 7) is 4.74. The molecule has 0 aromatic carbocycles. The lowest BCUT2D eigenvalue weighted by molar-refractivity contribution is 0.0927. The van der Waals surface area contributed by atoms with Crippen LogP contribution in [0, 0.1) is 6.92 Å². The third-order valence-electron chi connectivity index (χ3n) is 2.80. The van der Waals surface area contributed by atoms with Crippen LogP contribution < -0.4 is 5.32 Å². The molecular weight excluding hydrogens is 228 g/mol. The maximum atomic E-state index is 11.8. The Morgan fingerprint density at radius 3 is 3.00 bits per heavy atom. The van der Waals surface area contributed by atoms with Gasteiger partial charge in [0, 0.05) is 18.3 Å². The van der Waals surface area contributed by atoms with Gasteiger partial charge in [-0.2, -0.15) is 0 Å². The van der Waals surface area contributed by atoms with Gasteiger partial charge in [-0.3, -0.25) is 4.79 Å².